The number of benzene rings is 1. The molecule has 1 aromatic rings. The first-order valence-electron chi connectivity index (χ1n) is 5.09. The molecule has 0 amide bonds. The summed E-state index contributed by atoms with van der Waals surface area (Å²) in [6, 6.07) is 9.66. The fourth-order valence-electron chi connectivity index (χ4n) is 1.88. The van der Waals surface area contributed by atoms with Crippen LogP contribution >= 0.6 is 0 Å². The third-order valence-corrected chi connectivity index (χ3v) is 2.64. The summed E-state index contributed by atoms with van der Waals surface area (Å²) in [5.41, 5.74) is 2.61. The zero-order valence-electron chi connectivity index (χ0n) is 9.30. The first-order chi connectivity index (χ1) is 6.36. The zero-order valence-corrected chi connectivity index (χ0v) is 12.3. The van der Waals surface area contributed by atoms with Crippen LogP contribution in [0.15, 0.2) is 18.2 Å². The maximum absolute atomic E-state index is 3.30. The minimum absolute atomic E-state index is 0. The van der Waals surface area contributed by atoms with E-state index in [1.165, 1.54) is 43.6 Å². The van der Waals surface area contributed by atoms with E-state index in [9.17, 15) is 0 Å². The van der Waals surface area contributed by atoms with E-state index in [4.69, 9.17) is 0 Å². The Hall–Kier alpha value is 0.266. The van der Waals surface area contributed by atoms with E-state index in [1.54, 1.807) is 0 Å². The number of rotatable bonds is 1. The van der Waals surface area contributed by atoms with Crippen LogP contribution in [-0.2, 0) is 0 Å². The third kappa shape index (κ3) is 4.33. The van der Waals surface area contributed by atoms with Crippen LogP contribution in [0.5, 0.6) is 0 Å². The summed E-state index contributed by atoms with van der Waals surface area (Å²) in [5.74, 6) is 0. The van der Waals surface area contributed by atoms with Crippen molar-refractivity contribution >= 4 is 28.7 Å². The monoisotopic (exact) mass is 277 g/mol. The fourth-order valence-corrected chi connectivity index (χ4v) is 1.88. The molecule has 2 rings (SSSR count). The molecule has 1 aliphatic rings. The molecule has 0 bridgehead atoms. The second-order valence-electron chi connectivity index (χ2n) is 3.80. The van der Waals surface area contributed by atoms with Crippen LogP contribution in [0.1, 0.15) is 24.8 Å². The minimum atomic E-state index is 0. The van der Waals surface area contributed by atoms with Gasteiger partial charge in [0.1, 0.15) is 0 Å². The first kappa shape index (κ1) is 15.3. The number of piperidine rings is 1. The predicted octanol–water partition coefficient (Wildman–Crippen LogP) is -0.591. The molecule has 0 radical (unpaired) electrons. The van der Waals surface area contributed by atoms with Gasteiger partial charge in [-0.05, 0) is 19.3 Å². The van der Waals surface area contributed by atoms with Gasteiger partial charge in [0.2, 0.25) is 0 Å². The van der Waals surface area contributed by atoms with Crippen molar-refractivity contribution in [3.05, 3.63) is 29.8 Å². The first-order valence-corrected chi connectivity index (χ1v) is 5.09. The van der Waals surface area contributed by atoms with Crippen LogP contribution < -0.4 is 21.9 Å². The Morgan fingerprint density at radius 2 is 1.87 bits per heavy atom. The molecule has 78 valence electrons. The third-order valence-electron chi connectivity index (χ3n) is 2.64. The van der Waals surface area contributed by atoms with E-state index in [0.29, 0.717) is 0 Å². The van der Waals surface area contributed by atoms with Crippen LogP contribution in [-0.4, -0.2) is 36.1 Å². The summed E-state index contributed by atoms with van der Waals surface area (Å²) in [5, 5.41) is 0. The number of nitrogens with zero attached hydrogens (tertiary/aromatic N) is 1. The summed E-state index contributed by atoms with van der Waals surface area (Å²) in [7, 11) is 0. The Bertz CT molecular complexity index is 285. The molecular weight excluding hydrogens is 262 g/mol. The number of halogens is 1. The normalized spacial score (nSPS) is 15.1. The van der Waals surface area contributed by atoms with Gasteiger partial charge in [-0.15, -0.1) is 6.07 Å². The summed E-state index contributed by atoms with van der Waals surface area (Å²) in [6.45, 7) is 4.56. The van der Waals surface area contributed by atoms with Gasteiger partial charge in [-0.3, -0.25) is 0 Å². The average molecular weight is 278 g/mol. The minimum Gasteiger partial charge on any atom is -1.00 e. The molecule has 0 atom stereocenters. The van der Waals surface area contributed by atoms with E-state index < -0.39 is 0 Å². The van der Waals surface area contributed by atoms with E-state index >= 15 is 0 Å². The van der Waals surface area contributed by atoms with E-state index in [-0.39, 0.29) is 40.0 Å². The average Bonchev–Trinajstić information content (AvgIpc) is 2.19. The smallest absolute Gasteiger partial charge is 1.00 e. The Labute approximate surface area is 119 Å². The van der Waals surface area contributed by atoms with Crippen LogP contribution in [0, 0.1) is 13.0 Å². The van der Waals surface area contributed by atoms with Crippen molar-refractivity contribution < 1.29 is 17.0 Å². The topological polar surface area (TPSA) is 3.24 Å². The molecule has 1 fully saturated rings. The van der Waals surface area contributed by atoms with Gasteiger partial charge in [0.25, 0.3) is 0 Å². The fraction of sp³-hybridized carbons (Fsp3) is 0.500. The molecule has 1 saturated heterocycles. The van der Waals surface area contributed by atoms with E-state index in [1.807, 2.05) is 6.07 Å². The predicted molar refractivity (Wildman–Crippen MR) is 61.8 cm³/mol. The Kier molecular flexibility index (Phi) is 7.66. The Balaban J connectivity index is 0.000000980. The molecule has 1 aromatic carbocycles. The largest absolute Gasteiger partial charge is 2.00 e. The molecule has 0 N–H and O–H groups in total. The summed E-state index contributed by atoms with van der Waals surface area (Å²) >= 11 is 0. The SMILES string of the molecule is Cc1cc[c-]c(N2CCCCC2)c1.[Br-].[Mg+2]. The number of hydrogen-bond acceptors (Lipinski definition) is 1. The van der Waals surface area contributed by atoms with Crippen LogP contribution in [0.4, 0.5) is 5.69 Å². The molecule has 15 heavy (non-hydrogen) atoms. The Morgan fingerprint density at radius 3 is 2.47 bits per heavy atom. The van der Waals surface area contributed by atoms with Gasteiger partial charge in [0, 0.05) is 13.1 Å². The quantitative estimate of drug-likeness (QED) is 0.490. The van der Waals surface area contributed by atoms with Crippen molar-refractivity contribution in [2.45, 2.75) is 26.2 Å². The number of anilines is 1. The maximum Gasteiger partial charge on any atom is 2.00 e. The molecular formula is C12H16BrMgN. The molecule has 0 aromatic heterocycles. The van der Waals surface area contributed by atoms with Gasteiger partial charge in [0.15, 0.2) is 0 Å². The summed E-state index contributed by atoms with van der Waals surface area (Å²) in [4.78, 5) is 2.44. The zero-order chi connectivity index (χ0) is 9.10. The summed E-state index contributed by atoms with van der Waals surface area (Å²) < 4.78 is 0. The van der Waals surface area contributed by atoms with Crippen molar-refractivity contribution in [2.24, 2.45) is 0 Å². The second kappa shape index (κ2) is 7.53. The van der Waals surface area contributed by atoms with Gasteiger partial charge < -0.3 is 21.9 Å². The molecule has 1 nitrogen and oxygen atoms in total. The van der Waals surface area contributed by atoms with Gasteiger partial charge in [0.05, 0.1) is 0 Å². The standard InChI is InChI=1S/C12H16N.BrH.Mg/c1-11-6-5-7-12(10-11)13-8-3-2-4-9-13;;/h5-6,10H,2-4,8-9H2,1H3;1H;/q-1;;+2/p-1. The molecule has 1 aliphatic heterocycles. The maximum atomic E-state index is 3.30. The van der Waals surface area contributed by atoms with Gasteiger partial charge in [-0.2, -0.15) is 23.8 Å². The van der Waals surface area contributed by atoms with Crippen molar-refractivity contribution in [3.8, 4) is 0 Å². The van der Waals surface area contributed by atoms with Crippen molar-refractivity contribution in [3.63, 3.8) is 0 Å². The van der Waals surface area contributed by atoms with Crippen molar-refractivity contribution in [2.75, 3.05) is 18.0 Å². The molecule has 0 aliphatic carbocycles. The van der Waals surface area contributed by atoms with Gasteiger partial charge in [-0.1, -0.05) is 12.6 Å². The van der Waals surface area contributed by atoms with E-state index in [2.05, 4.69) is 30.0 Å². The Morgan fingerprint density at radius 1 is 1.20 bits per heavy atom. The van der Waals surface area contributed by atoms with E-state index in [0.717, 1.165) is 0 Å². The number of hydrogen-bond donors (Lipinski definition) is 0. The van der Waals surface area contributed by atoms with Gasteiger partial charge >= 0.3 is 23.1 Å². The summed E-state index contributed by atoms with van der Waals surface area (Å²) in [6.07, 6.45) is 4.06. The van der Waals surface area contributed by atoms with Crippen LogP contribution in [0.2, 0.25) is 0 Å². The van der Waals surface area contributed by atoms with Crippen LogP contribution in [0.25, 0.3) is 0 Å². The van der Waals surface area contributed by atoms with Crippen molar-refractivity contribution in [1.29, 1.82) is 0 Å². The van der Waals surface area contributed by atoms with Crippen LogP contribution in [0.3, 0.4) is 0 Å². The van der Waals surface area contributed by atoms with Crippen molar-refractivity contribution in [1.82, 2.24) is 0 Å². The van der Waals surface area contributed by atoms with Gasteiger partial charge in [-0.25, -0.2) is 0 Å². The molecule has 1 heterocycles. The molecule has 0 saturated carbocycles. The molecule has 3 heteroatoms. The second-order valence-corrected chi connectivity index (χ2v) is 3.80. The molecule has 0 unspecified atom stereocenters. The number of aryl methyl sites for hydroxylation is 1. The molecule has 0 spiro atoms.